The molecule has 0 amide bonds. The molecule has 0 spiro atoms. The molecule has 1 unspecified atom stereocenters. The van der Waals surface area contributed by atoms with Gasteiger partial charge >= 0.3 is 0 Å². The topological polar surface area (TPSA) is 21.6 Å². The van der Waals surface area contributed by atoms with Crippen molar-refractivity contribution in [2.24, 2.45) is 5.16 Å². The number of hydrogen-bond acceptors (Lipinski definition) is 2. The van der Waals surface area contributed by atoms with Crippen LogP contribution in [-0.4, -0.2) is 17.6 Å². The maximum atomic E-state index is 4.65. The molecule has 0 N–H and O–H groups in total. The summed E-state index contributed by atoms with van der Waals surface area (Å²) in [6.45, 7) is 0. The Morgan fingerprint density at radius 3 is 3.00 bits per heavy atom. The number of rotatable bonds is 1. The van der Waals surface area contributed by atoms with Crippen LogP contribution in [-0.2, 0) is 4.84 Å². The summed E-state index contributed by atoms with van der Waals surface area (Å²) in [6, 6.07) is 0. The lowest BCUT2D eigenvalue weighted by molar-refractivity contribution is 0.212. The first-order valence-electron chi connectivity index (χ1n) is 3.08. The maximum absolute atomic E-state index is 4.65. The van der Waals surface area contributed by atoms with Gasteiger partial charge in [-0.05, 0) is 19.3 Å². The summed E-state index contributed by atoms with van der Waals surface area (Å²) in [5.41, 5.74) is 1.15. The van der Waals surface area contributed by atoms with Crippen LogP contribution in [0.1, 0.15) is 19.3 Å². The highest BCUT2D eigenvalue weighted by Crippen LogP contribution is 2.22. The predicted molar refractivity (Wildman–Crippen MR) is 41.0 cm³/mol. The van der Waals surface area contributed by atoms with E-state index in [1.807, 2.05) is 0 Å². The van der Waals surface area contributed by atoms with Gasteiger partial charge in [0.1, 0.15) is 7.11 Å². The van der Waals surface area contributed by atoms with E-state index in [2.05, 4.69) is 25.9 Å². The second kappa shape index (κ2) is 3.20. The van der Waals surface area contributed by atoms with Crippen molar-refractivity contribution in [2.75, 3.05) is 7.11 Å². The van der Waals surface area contributed by atoms with Crippen LogP contribution in [0.5, 0.6) is 0 Å². The van der Waals surface area contributed by atoms with Gasteiger partial charge in [0.2, 0.25) is 0 Å². The average Bonchev–Trinajstić information content (AvgIpc) is 2.18. The molecule has 0 aromatic rings. The van der Waals surface area contributed by atoms with Gasteiger partial charge in [-0.3, -0.25) is 0 Å². The van der Waals surface area contributed by atoms with Gasteiger partial charge in [0.05, 0.1) is 10.5 Å². The van der Waals surface area contributed by atoms with Gasteiger partial charge in [-0.25, -0.2) is 0 Å². The van der Waals surface area contributed by atoms with Crippen LogP contribution in [0.4, 0.5) is 0 Å². The summed E-state index contributed by atoms with van der Waals surface area (Å²) < 4.78 is 0. The molecule has 0 bridgehead atoms. The van der Waals surface area contributed by atoms with Crippen molar-refractivity contribution in [1.82, 2.24) is 0 Å². The quantitative estimate of drug-likeness (QED) is 0.459. The number of hydrogen-bond donors (Lipinski definition) is 0. The highest BCUT2D eigenvalue weighted by molar-refractivity contribution is 9.10. The largest absolute Gasteiger partial charge is 0.399 e. The van der Waals surface area contributed by atoms with E-state index >= 15 is 0 Å². The molecule has 0 aliphatic heterocycles. The van der Waals surface area contributed by atoms with Crippen LogP contribution in [0.2, 0.25) is 0 Å². The minimum absolute atomic E-state index is 0.470. The van der Waals surface area contributed by atoms with Crippen molar-refractivity contribution in [3.8, 4) is 0 Å². The minimum Gasteiger partial charge on any atom is -0.399 e. The Kier molecular flexibility index (Phi) is 2.51. The van der Waals surface area contributed by atoms with Gasteiger partial charge in [0.25, 0.3) is 0 Å². The highest BCUT2D eigenvalue weighted by atomic mass is 79.9. The van der Waals surface area contributed by atoms with Crippen molar-refractivity contribution in [3.05, 3.63) is 0 Å². The molecule has 0 heterocycles. The van der Waals surface area contributed by atoms with Gasteiger partial charge in [-0.1, -0.05) is 21.1 Å². The lowest BCUT2D eigenvalue weighted by atomic mass is 10.3. The number of oxime groups is 1. The van der Waals surface area contributed by atoms with E-state index in [1.54, 1.807) is 7.11 Å². The fraction of sp³-hybridized carbons (Fsp3) is 0.833. The maximum Gasteiger partial charge on any atom is 0.106 e. The SMILES string of the molecule is CO/N=C1/CCCC1Br. The Morgan fingerprint density at radius 1 is 1.78 bits per heavy atom. The molecule has 1 atom stereocenters. The molecule has 1 saturated carbocycles. The molecule has 3 heteroatoms. The Labute approximate surface area is 63.4 Å². The fourth-order valence-corrected chi connectivity index (χ4v) is 1.64. The third kappa shape index (κ3) is 1.68. The van der Waals surface area contributed by atoms with E-state index in [9.17, 15) is 0 Å². The molecule has 2 nitrogen and oxygen atoms in total. The lowest BCUT2D eigenvalue weighted by Gasteiger charge is -1.97. The van der Waals surface area contributed by atoms with Crippen LogP contribution in [0, 0.1) is 0 Å². The average molecular weight is 192 g/mol. The molecule has 0 radical (unpaired) electrons. The van der Waals surface area contributed by atoms with Crippen LogP contribution < -0.4 is 0 Å². The Morgan fingerprint density at radius 2 is 2.56 bits per heavy atom. The minimum atomic E-state index is 0.470. The van der Waals surface area contributed by atoms with Crippen molar-refractivity contribution in [3.63, 3.8) is 0 Å². The first-order chi connectivity index (χ1) is 4.34. The van der Waals surface area contributed by atoms with Crippen molar-refractivity contribution in [1.29, 1.82) is 0 Å². The van der Waals surface area contributed by atoms with E-state index in [1.165, 1.54) is 12.8 Å². The zero-order chi connectivity index (χ0) is 6.69. The smallest absolute Gasteiger partial charge is 0.106 e. The number of alkyl halides is 1. The third-order valence-corrected chi connectivity index (χ3v) is 2.45. The number of halogens is 1. The number of nitrogens with zero attached hydrogens (tertiary/aromatic N) is 1. The molecule has 1 aliphatic carbocycles. The molecule has 0 aromatic heterocycles. The zero-order valence-electron chi connectivity index (χ0n) is 5.43. The normalized spacial score (nSPS) is 31.3. The van der Waals surface area contributed by atoms with Crippen molar-refractivity contribution in [2.45, 2.75) is 24.1 Å². The van der Waals surface area contributed by atoms with Crippen molar-refractivity contribution < 1.29 is 4.84 Å². The van der Waals surface area contributed by atoms with E-state index in [-0.39, 0.29) is 0 Å². The van der Waals surface area contributed by atoms with Gasteiger partial charge in [-0.15, -0.1) is 0 Å². The van der Waals surface area contributed by atoms with E-state index in [0.29, 0.717) is 4.83 Å². The summed E-state index contributed by atoms with van der Waals surface area (Å²) in [5, 5.41) is 3.87. The first kappa shape index (κ1) is 7.06. The summed E-state index contributed by atoms with van der Waals surface area (Å²) in [7, 11) is 1.59. The Hall–Kier alpha value is -0.0500. The van der Waals surface area contributed by atoms with E-state index < -0.39 is 0 Å². The van der Waals surface area contributed by atoms with Gasteiger partial charge in [0, 0.05) is 0 Å². The van der Waals surface area contributed by atoms with Crippen LogP contribution in [0.15, 0.2) is 5.16 Å². The fourth-order valence-electron chi connectivity index (χ4n) is 1.01. The molecular formula is C6H10BrNO. The van der Waals surface area contributed by atoms with Crippen LogP contribution in [0.25, 0.3) is 0 Å². The summed E-state index contributed by atoms with van der Waals surface area (Å²) in [5.74, 6) is 0. The second-order valence-electron chi connectivity index (χ2n) is 2.12. The van der Waals surface area contributed by atoms with Crippen LogP contribution in [0.3, 0.4) is 0 Å². The molecule has 9 heavy (non-hydrogen) atoms. The summed E-state index contributed by atoms with van der Waals surface area (Å²) >= 11 is 3.49. The van der Waals surface area contributed by atoms with Crippen LogP contribution >= 0.6 is 15.9 Å². The molecule has 0 saturated heterocycles. The molecular weight excluding hydrogens is 182 g/mol. The monoisotopic (exact) mass is 191 g/mol. The second-order valence-corrected chi connectivity index (χ2v) is 3.23. The molecule has 52 valence electrons. The molecule has 1 aliphatic rings. The molecule has 0 aromatic carbocycles. The van der Waals surface area contributed by atoms with Gasteiger partial charge < -0.3 is 4.84 Å². The van der Waals surface area contributed by atoms with E-state index in [4.69, 9.17) is 0 Å². The predicted octanol–water partition coefficient (Wildman–Crippen LogP) is 1.94. The molecule has 1 rings (SSSR count). The van der Waals surface area contributed by atoms with Gasteiger partial charge in [-0.2, -0.15) is 0 Å². The Bertz CT molecular complexity index is 124. The summed E-state index contributed by atoms with van der Waals surface area (Å²) in [6.07, 6.45) is 3.52. The molecule has 1 fully saturated rings. The van der Waals surface area contributed by atoms with Crippen molar-refractivity contribution >= 4 is 21.6 Å². The standard InChI is InChI=1S/C6H10BrNO/c1-9-8-6-4-2-3-5(6)7/h5H,2-4H2,1H3/b8-6-. The summed E-state index contributed by atoms with van der Waals surface area (Å²) in [4.78, 5) is 5.12. The Balaban J connectivity index is 2.48. The first-order valence-corrected chi connectivity index (χ1v) is 4.00. The van der Waals surface area contributed by atoms with E-state index in [0.717, 1.165) is 12.1 Å². The highest BCUT2D eigenvalue weighted by Gasteiger charge is 2.19. The third-order valence-electron chi connectivity index (χ3n) is 1.46. The van der Waals surface area contributed by atoms with Gasteiger partial charge in [0.15, 0.2) is 0 Å². The lowest BCUT2D eigenvalue weighted by Crippen LogP contribution is -2.04. The zero-order valence-corrected chi connectivity index (χ0v) is 7.02.